The molecule has 0 aromatic heterocycles. The van der Waals surface area contributed by atoms with Crippen LogP contribution in [-0.2, 0) is 32.7 Å². The van der Waals surface area contributed by atoms with Crippen LogP contribution in [0.4, 0.5) is 0 Å². The SMILES string of the molecule is CCCCCCCC/C=C\CCCCCCCC(=O)OCC(COP(=O)(O)OC1C(O)C(O)C(O)C(O)C1O)OC(=O)CCCCCCCCC/C=C\CCCCCCCCC. The fourth-order valence-corrected chi connectivity index (χ4v) is 8.49. The minimum atomic E-state index is -5.12. The molecule has 0 heterocycles. The minimum absolute atomic E-state index is 0.0920. The van der Waals surface area contributed by atoms with E-state index in [4.69, 9.17) is 18.5 Å². The van der Waals surface area contributed by atoms with Crippen LogP contribution in [0.25, 0.3) is 0 Å². The van der Waals surface area contributed by atoms with E-state index in [1.165, 1.54) is 103 Å². The summed E-state index contributed by atoms with van der Waals surface area (Å²) in [6.45, 7) is 3.30. The van der Waals surface area contributed by atoms with Crippen molar-refractivity contribution >= 4 is 19.8 Å². The van der Waals surface area contributed by atoms with Crippen LogP contribution in [0.1, 0.15) is 213 Å². The van der Waals surface area contributed by atoms with Gasteiger partial charge >= 0.3 is 19.8 Å². The Morgan fingerprint density at radius 3 is 1.23 bits per heavy atom. The number of rotatable bonds is 41. The van der Waals surface area contributed by atoms with Crippen molar-refractivity contribution in [1.82, 2.24) is 0 Å². The zero-order valence-electron chi connectivity index (χ0n) is 38.7. The van der Waals surface area contributed by atoms with Gasteiger partial charge < -0.3 is 39.9 Å². The van der Waals surface area contributed by atoms with Crippen molar-refractivity contribution in [3.05, 3.63) is 24.3 Å². The van der Waals surface area contributed by atoms with E-state index in [1.807, 2.05) is 0 Å². The Labute approximate surface area is 375 Å². The summed E-state index contributed by atoms with van der Waals surface area (Å²) in [6, 6.07) is 0. The average molecular weight is 905 g/mol. The van der Waals surface area contributed by atoms with Crippen molar-refractivity contribution < 1.29 is 63.1 Å². The average Bonchev–Trinajstić information content (AvgIpc) is 3.25. The topological polar surface area (TPSA) is 210 Å². The van der Waals surface area contributed by atoms with Crippen molar-refractivity contribution in [1.29, 1.82) is 0 Å². The maximum Gasteiger partial charge on any atom is 0.472 e. The molecular weight excluding hydrogens is 815 g/mol. The standard InChI is InChI=1S/C48H89O13P/c1-3-5-7-9-11-13-15-17-19-20-21-23-25-27-29-31-33-35-37-42(50)60-40(39-59-62(56,57)61-48-46(54)44(52)43(51)45(53)47(48)55)38-58-41(49)36-34-32-30-28-26-24-22-18-16-14-12-10-8-6-4-2/h18-20,22,40,43-48,51-55H,3-17,21,23-39H2,1-2H3,(H,56,57)/b20-19-,22-18-. The van der Waals surface area contributed by atoms with Gasteiger partial charge in [-0.1, -0.05) is 160 Å². The third kappa shape index (κ3) is 30.5. The predicted molar refractivity (Wildman–Crippen MR) is 244 cm³/mol. The van der Waals surface area contributed by atoms with Crippen LogP contribution >= 0.6 is 7.82 Å². The molecule has 6 unspecified atom stereocenters. The number of aliphatic hydroxyl groups excluding tert-OH is 5. The molecular formula is C48H89O13P. The van der Waals surface area contributed by atoms with E-state index in [-0.39, 0.29) is 12.8 Å². The van der Waals surface area contributed by atoms with Crippen molar-refractivity contribution in [3.63, 3.8) is 0 Å². The van der Waals surface area contributed by atoms with Crippen molar-refractivity contribution in [2.45, 2.75) is 256 Å². The maximum absolute atomic E-state index is 12.8. The van der Waals surface area contributed by atoms with Crippen LogP contribution in [0.5, 0.6) is 0 Å². The summed E-state index contributed by atoms with van der Waals surface area (Å²) in [6.07, 6.45) is 29.4. The highest BCUT2D eigenvalue weighted by atomic mass is 31.2. The molecule has 0 aliphatic heterocycles. The second-order valence-corrected chi connectivity index (χ2v) is 18.7. The first-order chi connectivity index (χ1) is 29.9. The van der Waals surface area contributed by atoms with E-state index >= 15 is 0 Å². The molecule has 364 valence electrons. The lowest BCUT2D eigenvalue weighted by molar-refractivity contribution is -0.220. The summed E-state index contributed by atoms with van der Waals surface area (Å²) in [5.74, 6) is -1.11. The van der Waals surface area contributed by atoms with E-state index in [9.17, 15) is 44.6 Å². The zero-order chi connectivity index (χ0) is 45.7. The predicted octanol–water partition coefficient (Wildman–Crippen LogP) is 10.0. The molecule has 1 aliphatic carbocycles. The number of hydrogen-bond donors (Lipinski definition) is 6. The fourth-order valence-electron chi connectivity index (χ4n) is 7.51. The first kappa shape index (κ1) is 58.3. The monoisotopic (exact) mass is 905 g/mol. The zero-order valence-corrected chi connectivity index (χ0v) is 39.6. The molecule has 1 fully saturated rings. The molecule has 1 saturated carbocycles. The molecule has 6 atom stereocenters. The third-order valence-electron chi connectivity index (χ3n) is 11.5. The number of hydrogen-bond acceptors (Lipinski definition) is 12. The molecule has 14 heteroatoms. The normalized spacial score (nSPS) is 22.0. The van der Waals surface area contributed by atoms with Crippen LogP contribution in [0.15, 0.2) is 24.3 Å². The summed E-state index contributed by atoms with van der Waals surface area (Å²) in [4.78, 5) is 35.8. The van der Waals surface area contributed by atoms with Crippen LogP contribution in [-0.4, -0.2) is 98.3 Å². The highest BCUT2D eigenvalue weighted by Gasteiger charge is 2.51. The third-order valence-corrected chi connectivity index (χ3v) is 12.5. The number of unbranched alkanes of at least 4 members (excludes halogenated alkanes) is 25. The van der Waals surface area contributed by atoms with Crippen molar-refractivity contribution in [3.8, 4) is 0 Å². The summed E-state index contributed by atoms with van der Waals surface area (Å²) >= 11 is 0. The summed E-state index contributed by atoms with van der Waals surface area (Å²) in [5, 5.41) is 50.2. The molecule has 0 amide bonds. The number of esters is 2. The summed E-state index contributed by atoms with van der Waals surface area (Å²) < 4.78 is 33.6. The van der Waals surface area contributed by atoms with Crippen LogP contribution < -0.4 is 0 Å². The number of carbonyl (C=O) groups is 2. The highest BCUT2D eigenvalue weighted by molar-refractivity contribution is 7.47. The molecule has 1 rings (SSSR count). The number of carbonyl (C=O) groups excluding carboxylic acids is 2. The van der Waals surface area contributed by atoms with E-state index in [1.54, 1.807) is 0 Å². The lowest BCUT2D eigenvalue weighted by Gasteiger charge is -2.41. The Hall–Kier alpha value is -1.67. The Morgan fingerprint density at radius 2 is 0.823 bits per heavy atom. The number of phosphoric ester groups is 1. The number of phosphoric acid groups is 1. The van der Waals surface area contributed by atoms with Gasteiger partial charge in [0.25, 0.3) is 0 Å². The van der Waals surface area contributed by atoms with Gasteiger partial charge in [-0.2, -0.15) is 0 Å². The lowest BCUT2D eigenvalue weighted by atomic mass is 9.85. The van der Waals surface area contributed by atoms with Crippen LogP contribution in [0.2, 0.25) is 0 Å². The largest absolute Gasteiger partial charge is 0.472 e. The molecule has 0 aromatic carbocycles. The van der Waals surface area contributed by atoms with Crippen molar-refractivity contribution in [2.75, 3.05) is 13.2 Å². The first-order valence-corrected chi connectivity index (χ1v) is 26.1. The first-order valence-electron chi connectivity index (χ1n) is 24.6. The summed E-state index contributed by atoms with van der Waals surface area (Å²) in [7, 11) is -5.12. The highest BCUT2D eigenvalue weighted by Crippen LogP contribution is 2.47. The molecule has 0 saturated heterocycles. The maximum atomic E-state index is 12.8. The van der Waals surface area contributed by atoms with Gasteiger partial charge in [-0.05, 0) is 64.2 Å². The Bertz CT molecular complexity index is 1180. The quantitative estimate of drug-likeness (QED) is 0.0146. The van der Waals surface area contributed by atoms with E-state index in [0.29, 0.717) is 12.8 Å². The minimum Gasteiger partial charge on any atom is -0.462 e. The van der Waals surface area contributed by atoms with Crippen LogP contribution in [0.3, 0.4) is 0 Å². The van der Waals surface area contributed by atoms with Gasteiger partial charge in [0.05, 0.1) is 6.61 Å². The van der Waals surface area contributed by atoms with Gasteiger partial charge in [-0.15, -0.1) is 0 Å². The lowest BCUT2D eigenvalue weighted by Crippen LogP contribution is -2.64. The van der Waals surface area contributed by atoms with Gasteiger partial charge in [-0.3, -0.25) is 18.6 Å². The fraction of sp³-hybridized carbons (Fsp3) is 0.875. The molecule has 62 heavy (non-hydrogen) atoms. The van der Waals surface area contributed by atoms with Gasteiger partial charge in [0.15, 0.2) is 6.10 Å². The second kappa shape index (κ2) is 38.6. The Kier molecular flexibility index (Phi) is 36.3. The molecule has 6 N–H and O–H groups in total. The molecule has 0 aromatic rings. The van der Waals surface area contributed by atoms with Gasteiger partial charge in [-0.25, -0.2) is 4.57 Å². The van der Waals surface area contributed by atoms with Gasteiger partial charge in [0, 0.05) is 12.8 Å². The molecule has 0 bridgehead atoms. The molecule has 0 radical (unpaired) electrons. The van der Waals surface area contributed by atoms with E-state index in [0.717, 1.165) is 70.6 Å². The van der Waals surface area contributed by atoms with Gasteiger partial charge in [0.2, 0.25) is 0 Å². The molecule has 13 nitrogen and oxygen atoms in total. The van der Waals surface area contributed by atoms with E-state index < -0.39 is 75.7 Å². The number of ether oxygens (including phenoxy) is 2. The molecule has 0 spiro atoms. The summed E-state index contributed by atoms with van der Waals surface area (Å²) in [5.41, 5.74) is 0. The number of aliphatic hydroxyl groups is 5. The Morgan fingerprint density at radius 1 is 0.484 bits per heavy atom. The smallest absolute Gasteiger partial charge is 0.462 e. The van der Waals surface area contributed by atoms with Gasteiger partial charge in [0.1, 0.15) is 43.2 Å². The van der Waals surface area contributed by atoms with Crippen LogP contribution in [0, 0.1) is 0 Å². The van der Waals surface area contributed by atoms with E-state index in [2.05, 4.69) is 38.2 Å². The van der Waals surface area contributed by atoms with Crippen molar-refractivity contribution in [2.24, 2.45) is 0 Å². The number of allylic oxidation sites excluding steroid dienone is 4. The Balaban J connectivity index is 2.43. The second-order valence-electron chi connectivity index (χ2n) is 17.3. The molecule has 1 aliphatic rings.